The minimum Gasteiger partial charge on any atom is -0.312 e. The summed E-state index contributed by atoms with van der Waals surface area (Å²) in [7, 11) is 0. The molecule has 1 saturated carbocycles. The summed E-state index contributed by atoms with van der Waals surface area (Å²) in [6.45, 7) is 8.63. The van der Waals surface area contributed by atoms with Crippen molar-refractivity contribution in [3.63, 3.8) is 0 Å². The molecular weight excluding hydrogens is 208 g/mol. The molecule has 2 rings (SSSR count). The Morgan fingerprint density at radius 3 is 2.24 bits per heavy atom. The van der Waals surface area contributed by atoms with Gasteiger partial charge in [0, 0.05) is 18.6 Å². The van der Waals surface area contributed by atoms with Crippen LogP contribution in [0.1, 0.15) is 58.8 Å². The standard InChI is InChI=1S/C15H30N2/c1-13(2)15(17-10-6-7-11-17)12-16-14-8-4-3-5-9-14/h13-16H,3-12H2,1-2H3. The molecule has 0 spiro atoms. The van der Waals surface area contributed by atoms with Gasteiger partial charge in [-0.3, -0.25) is 4.90 Å². The molecule has 1 saturated heterocycles. The van der Waals surface area contributed by atoms with Gasteiger partial charge >= 0.3 is 0 Å². The van der Waals surface area contributed by atoms with E-state index in [2.05, 4.69) is 24.1 Å². The van der Waals surface area contributed by atoms with E-state index in [0.29, 0.717) is 0 Å². The third-order valence-electron chi connectivity index (χ3n) is 4.60. The third kappa shape index (κ3) is 3.96. The summed E-state index contributed by atoms with van der Waals surface area (Å²) in [6.07, 6.45) is 9.97. The van der Waals surface area contributed by atoms with Crippen LogP contribution in [0.15, 0.2) is 0 Å². The van der Waals surface area contributed by atoms with Crippen LogP contribution >= 0.6 is 0 Å². The summed E-state index contributed by atoms with van der Waals surface area (Å²) < 4.78 is 0. The van der Waals surface area contributed by atoms with Gasteiger partial charge in [0.15, 0.2) is 0 Å². The van der Waals surface area contributed by atoms with Gasteiger partial charge in [-0.1, -0.05) is 33.1 Å². The van der Waals surface area contributed by atoms with E-state index in [9.17, 15) is 0 Å². The second-order valence-electron chi connectivity index (χ2n) is 6.30. The van der Waals surface area contributed by atoms with E-state index >= 15 is 0 Å². The van der Waals surface area contributed by atoms with Crippen molar-refractivity contribution >= 4 is 0 Å². The Labute approximate surface area is 107 Å². The highest BCUT2D eigenvalue weighted by Gasteiger charge is 2.25. The largest absolute Gasteiger partial charge is 0.312 e. The Kier molecular flexibility index (Phi) is 5.30. The lowest BCUT2D eigenvalue weighted by molar-refractivity contribution is 0.178. The topological polar surface area (TPSA) is 15.3 Å². The van der Waals surface area contributed by atoms with Crippen LogP contribution in [0.5, 0.6) is 0 Å². The van der Waals surface area contributed by atoms with E-state index in [1.54, 1.807) is 0 Å². The van der Waals surface area contributed by atoms with Gasteiger partial charge in [0.05, 0.1) is 0 Å². The molecule has 1 aliphatic heterocycles. The molecule has 1 aliphatic carbocycles. The van der Waals surface area contributed by atoms with Crippen molar-refractivity contribution in [1.29, 1.82) is 0 Å². The molecule has 0 amide bonds. The first kappa shape index (κ1) is 13.4. The molecule has 2 nitrogen and oxygen atoms in total. The SMILES string of the molecule is CC(C)C(CNC1CCCCC1)N1CCCC1. The molecule has 0 bridgehead atoms. The zero-order valence-electron chi connectivity index (χ0n) is 11.8. The Hall–Kier alpha value is -0.0800. The van der Waals surface area contributed by atoms with Gasteiger partial charge in [-0.25, -0.2) is 0 Å². The van der Waals surface area contributed by atoms with Crippen LogP contribution in [0.2, 0.25) is 0 Å². The summed E-state index contributed by atoms with van der Waals surface area (Å²) in [6, 6.07) is 1.58. The first-order valence-corrected chi connectivity index (χ1v) is 7.75. The minimum atomic E-state index is 0.763. The van der Waals surface area contributed by atoms with Gasteiger partial charge in [-0.2, -0.15) is 0 Å². The highest BCUT2D eigenvalue weighted by molar-refractivity contribution is 4.83. The van der Waals surface area contributed by atoms with Crippen molar-refractivity contribution in [2.24, 2.45) is 5.92 Å². The molecule has 1 atom stereocenters. The zero-order chi connectivity index (χ0) is 12.1. The van der Waals surface area contributed by atoms with E-state index in [1.165, 1.54) is 64.6 Å². The van der Waals surface area contributed by atoms with Crippen LogP contribution in [0.25, 0.3) is 0 Å². The number of hydrogen-bond acceptors (Lipinski definition) is 2. The highest BCUT2D eigenvalue weighted by atomic mass is 15.2. The Balaban J connectivity index is 1.76. The van der Waals surface area contributed by atoms with E-state index in [4.69, 9.17) is 0 Å². The maximum Gasteiger partial charge on any atom is 0.0243 e. The molecule has 17 heavy (non-hydrogen) atoms. The molecule has 2 aliphatic rings. The summed E-state index contributed by atoms with van der Waals surface area (Å²) >= 11 is 0. The second-order valence-corrected chi connectivity index (χ2v) is 6.30. The van der Waals surface area contributed by atoms with E-state index in [0.717, 1.165) is 18.0 Å². The second kappa shape index (κ2) is 6.75. The van der Waals surface area contributed by atoms with E-state index in [1.807, 2.05) is 0 Å². The average Bonchev–Trinajstić information content (AvgIpc) is 2.84. The van der Waals surface area contributed by atoms with Gasteiger partial charge in [0.25, 0.3) is 0 Å². The zero-order valence-corrected chi connectivity index (χ0v) is 11.8. The fourth-order valence-electron chi connectivity index (χ4n) is 3.45. The molecule has 0 aromatic heterocycles. The third-order valence-corrected chi connectivity index (χ3v) is 4.60. The maximum absolute atomic E-state index is 3.84. The minimum absolute atomic E-state index is 0.763. The van der Waals surface area contributed by atoms with Gasteiger partial charge in [-0.05, 0) is 44.7 Å². The highest BCUT2D eigenvalue weighted by Crippen LogP contribution is 2.20. The molecule has 1 unspecified atom stereocenters. The molecule has 0 radical (unpaired) electrons. The van der Waals surface area contributed by atoms with Crippen molar-refractivity contribution in [2.75, 3.05) is 19.6 Å². The number of nitrogens with one attached hydrogen (secondary N) is 1. The summed E-state index contributed by atoms with van der Waals surface area (Å²) in [5.74, 6) is 0.782. The van der Waals surface area contributed by atoms with Gasteiger partial charge in [-0.15, -0.1) is 0 Å². The maximum atomic E-state index is 3.84. The Morgan fingerprint density at radius 1 is 1.00 bits per heavy atom. The lowest BCUT2D eigenvalue weighted by atomic mass is 9.94. The van der Waals surface area contributed by atoms with Crippen LogP contribution in [-0.4, -0.2) is 36.6 Å². The van der Waals surface area contributed by atoms with Gasteiger partial charge in [0.1, 0.15) is 0 Å². The molecule has 0 aromatic rings. The van der Waals surface area contributed by atoms with Crippen LogP contribution in [0.3, 0.4) is 0 Å². The first-order valence-electron chi connectivity index (χ1n) is 7.75. The summed E-state index contributed by atoms with van der Waals surface area (Å²) in [5, 5.41) is 3.84. The van der Waals surface area contributed by atoms with Gasteiger partial charge in [0.2, 0.25) is 0 Å². The van der Waals surface area contributed by atoms with Crippen LogP contribution in [0.4, 0.5) is 0 Å². The van der Waals surface area contributed by atoms with Crippen LogP contribution in [-0.2, 0) is 0 Å². The molecule has 100 valence electrons. The van der Waals surface area contributed by atoms with Crippen LogP contribution in [0, 0.1) is 5.92 Å². The molecule has 0 aromatic carbocycles. The Bertz CT molecular complexity index is 203. The molecule has 1 N–H and O–H groups in total. The molecule has 1 heterocycles. The average molecular weight is 238 g/mol. The quantitative estimate of drug-likeness (QED) is 0.792. The molecule has 2 heteroatoms. The normalized spacial score (nSPS) is 25.6. The molecular formula is C15H30N2. The van der Waals surface area contributed by atoms with Crippen molar-refractivity contribution in [1.82, 2.24) is 10.2 Å². The summed E-state index contributed by atoms with van der Waals surface area (Å²) in [4.78, 5) is 2.71. The van der Waals surface area contributed by atoms with E-state index < -0.39 is 0 Å². The predicted octanol–water partition coefficient (Wildman–Crippen LogP) is 3.03. The van der Waals surface area contributed by atoms with Gasteiger partial charge < -0.3 is 5.32 Å². The molecule has 2 fully saturated rings. The van der Waals surface area contributed by atoms with Crippen LogP contribution < -0.4 is 5.32 Å². The lowest BCUT2D eigenvalue weighted by Crippen LogP contribution is -2.47. The fraction of sp³-hybridized carbons (Fsp3) is 1.00. The predicted molar refractivity (Wildman–Crippen MR) is 74.3 cm³/mol. The first-order chi connectivity index (χ1) is 8.27. The fourth-order valence-corrected chi connectivity index (χ4v) is 3.45. The van der Waals surface area contributed by atoms with Crippen molar-refractivity contribution in [3.05, 3.63) is 0 Å². The van der Waals surface area contributed by atoms with Crippen molar-refractivity contribution in [2.45, 2.75) is 70.9 Å². The Morgan fingerprint density at radius 2 is 1.65 bits per heavy atom. The monoisotopic (exact) mass is 238 g/mol. The number of hydrogen-bond donors (Lipinski definition) is 1. The van der Waals surface area contributed by atoms with E-state index in [-0.39, 0.29) is 0 Å². The summed E-state index contributed by atoms with van der Waals surface area (Å²) in [5.41, 5.74) is 0. The smallest absolute Gasteiger partial charge is 0.0243 e. The number of nitrogens with zero attached hydrogens (tertiary/aromatic N) is 1. The van der Waals surface area contributed by atoms with Crippen molar-refractivity contribution < 1.29 is 0 Å². The lowest BCUT2D eigenvalue weighted by Gasteiger charge is -2.33. The number of likely N-dealkylation sites (tertiary alicyclic amines) is 1. The number of rotatable bonds is 5. The van der Waals surface area contributed by atoms with Crippen molar-refractivity contribution in [3.8, 4) is 0 Å².